The summed E-state index contributed by atoms with van der Waals surface area (Å²) in [5, 5.41) is 0. The van der Waals surface area contributed by atoms with Crippen LogP contribution in [0.4, 0.5) is 0 Å². The summed E-state index contributed by atoms with van der Waals surface area (Å²) in [4.78, 5) is 0. The van der Waals surface area contributed by atoms with Crippen molar-refractivity contribution < 1.29 is 0 Å². The number of unbranched alkanes of at least 4 members (excludes halogenated alkanes) is 12. The summed E-state index contributed by atoms with van der Waals surface area (Å²) in [5.41, 5.74) is 0. The summed E-state index contributed by atoms with van der Waals surface area (Å²) in [7, 11) is 0. The first-order chi connectivity index (χ1) is 11.8. The maximum atomic E-state index is 3.97. The second-order valence-corrected chi connectivity index (χ2v) is 7.54. The molecule has 0 aromatic rings. The Labute approximate surface area is 154 Å². The van der Waals surface area contributed by atoms with Crippen molar-refractivity contribution in [3.8, 4) is 0 Å². The molecule has 0 saturated carbocycles. The van der Waals surface area contributed by atoms with E-state index < -0.39 is 0 Å². The maximum Gasteiger partial charge on any atom is -0.0322 e. The van der Waals surface area contributed by atoms with E-state index in [0.29, 0.717) is 0 Å². The Morgan fingerprint density at radius 3 is 1.71 bits per heavy atom. The zero-order valence-corrected chi connectivity index (χ0v) is 16.9. The van der Waals surface area contributed by atoms with E-state index in [1.807, 2.05) is 0 Å². The van der Waals surface area contributed by atoms with Gasteiger partial charge in [0.15, 0.2) is 0 Å². The van der Waals surface area contributed by atoms with Gasteiger partial charge in [-0.1, -0.05) is 129 Å². The van der Waals surface area contributed by atoms with E-state index in [1.54, 1.807) is 0 Å². The fourth-order valence-electron chi connectivity index (χ4n) is 3.48. The molecule has 24 heavy (non-hydrogen) atoms. The van der Waals surface area contributed by atoms with Crippen LogP contribution in [0.1, 0.15) is 122 Å². The zero-order chi connectivity index (χ0) is 17.7. The average Bonchev–Trinajstić information content (AvgIpc) is 2.59. The minimum atomic E-state index is 0.904. The van der Waals surface area contributed by atoms with E-state index in [4.69, 9.17) is 0 Å². The first kappa shape index (κ1) is 23.7. The van der Waals surface area contributed by atoms with Crippen LogP contribution in [0, 0.1) is 19.8 Å². The molecular weight excluding hydrogens is 288 g/mol. The molecule has 142 valence electrons. The molecule has 0 aliphatic rings. The van der Waals surface area contributed by atoms with Crippen LogP contribution in [-0.4, -0.2) is 0 Å². The predicted molar refractivity (Wildman–Crippen MR) is 112 cm³/mol. The lowest BCUT2D eigenvalue weighted by atomic mass is 9.93. The van der Waals surface area contributed by atoms with E-state index in [-0.39, 0.29) is 0 Å². The Kier molecular flexibility index (Phi) is 20.6. The Bertz CT molecular complexity index is 240. The summed E-state index contributed by atoms with van der Waals surface area (Å²) in [5.74, 6) is 0.904. The highest BCUT2D eigenvalue weighted by molar-refractivity contribution is 4.84. The second kappa shape index (κ2) is 20.8. The maximum absolute atomic E-state index is 3.97. The van der Waals surface area contributed by atoms with Gasteiger partial charge in [-0.05, 0) is 25.2 Å². The average molecular weight is 335 g/mol. The van der Waals surface area contributed by atoms with Crippen molar-refractivity contribution in [2.75, 3.05) is 0 Å². The third-order valence-corrected chi connectivity index (χ3v) is 5.07. The lowest BCUT2D eigenvalue weighted by molar-refractivity contribution is 0.437. The fourth-order valence-corrected chi connectivity index (χ4v) is 3.48. The quantitative estimate of drug-likeness (QED) is 0.163. The number of hydrogen-bond acceptors (Lipinski definition) is 0. The Morgan fingerprint density at radius 1 is 0.625 bits per heavy atom. The third-order valence-electron chi connectivity index (χ3n) is 5.07. The van der Waals surface area contributed by atoms with Crippen LogP contribution in [-0.2, 0) is 0 Å². The molecular formula is C24H46. The van der Waals surface area contributed by atoms with E-state index in [9.17, 15) is 0 Å². The van der Waals surface area contributed by atoms with Crippen molar-refractivity contribution in [3.05, 3.63) is 26.0 Å². The highest BCUT2D eigenvalue weighted by atomic mass is 14.1. The molecule has 0 aliphatic heterocycles. The van der Waals surface area contributed by atoms with Crippen LogP contribution in [0.3, 0.4) is 0 Å². The minimum Gasteiger partial charge on any atom is -0.0885 e. The van der Waals surface area contributed by atoms with Crippen molar-refractivity contribution in [1.29, 1.82) is 0 Å². The van der Waals surface area contributed by atoms with Gasteiger partial charge in [0.05, 0.1) is 0 Å². The van der Waals surface area contributed by atoms with Crippen LogP contribution >= 0.6 is 0 Å². The van der Waals surface area contributed by atoms with Gasteiger partial charge < -0.3 is 0 Å². The number of rotatable bonds is 19. The molecule has 0 heteroatoms. The first-order valence-electron chi connectivity index (χ1n) is 11.1. The van der Waals surface area contributed by atoms with Crippen molar-refractivity contribution in [3.63, 3.8) is 0 Å². The number of allylic oxidation sites excluding steroid dienone is 2. The Hall–Kier alpha value is -0.260. The monoisotopic (exact) mass is 334 g/mol. The molecule has 1 atom stereocenters. The molecule has 0 saturated heterocycles. The number of hydrogen-bond donors (Lipinski definition) is 0. The van der Waals surface area contributed by atoms with E-state index in [1.165, 1.54) is 103 Å². The normalized spacial score (nSPS) is 13.0. The first-order valence-corrected chi connectivity index (χ1v) is 11.1. The summed E-state index contributed by atoms with van der Waals surface area (Å²) >= 11 is 0. The molecule has 2 radical (unpaired) electrons. The standard InChI is InChI=1S/C24H46/c1-4-7-9-10-11-12-13-14-15-16-17-18-19-20-23-24(21-6-3)22-8-5-2/h19-20,24H,1-2,4-18,21-23H2,3H3/b20-19+. The highest BCUT2D eigenvalue weighted by Crippen LogP contribution is 2.19. The molecule has 0 fully saturated rings. The molecule has 0 aliphatic carbocycles. The summed E-state index contributed by atoms with van der Waals surface area (Å²) in [6, 6.07) is 0. The Morgan fingerprint density at radius 2 is 1.17 bits per heavy atom. The van der Waals surface area contributed by atoms with Gasteiger partial charge in [-0.3, -0.25) is 0 Å². The molecule has 1 unspecified atom stereocenters. The molecule has 0 N–H and O–H groups in total. The van der Waals surface area contributed by atoms with Crippen LogP contribution in [0.2, 0.25) is 0 Å². The summed E-state index contributed by atoms with van der Waals surface area (Å²) in [6.45, 7) is 10.2. The second-order valence-electron chi connectivity index (χ2n) is 7.54. The van der Waals surface area contributed by atoms with Gasteiger partial charge in [-0.25, -0.2) is 0 Å². The van der Waals surface area contributed by atoms with Gasteiger partial charge in [0.1, 0.15) is 0 Å². The minimum absolute atomic E-state index is 0.904. The van der Waals surface area contributed by atoms with E-state index in [2.05, 4.69) is 32.9 Å². The predicted octanol–water partition coefficient (Wildman–Crippen LogP) is 8.87. The highest BCUT2D eigenvalue weighted by Gasteiger charge is 2.04. The van der Waals surface area contributed by atoms with Crippen molar-refractivity contribution in [1.82, 2.24) is 0 Å². The van der Waals surface area contributed by atoms with Crippen LogP contribution in [0.5, 0.6) is 0 Å². The largest absolute Gasteiger partial charge is 0.0885 e. The van der Waals surface area contributed by atoms with E-state index in [0.717, 1.165) is 18.8 Å². The van der Waals surface area contributed by atoms with Gasteiger partial charge in [0.25, 0.3) is 0 Å². The molecule has 0 aromatic heterocycles. The topological polar surface area (TPSA) is 0 Å². The van der Waals surface area contributed by atoms with Gasteiger partial charge in [0.2, 0.25) is 0 Å². The molecule has 0 amide bonds. The van der Waals surface area contributed by atoms with Crippen molar-refractivity contribution >= 4 is 0 Å². The van der Waals surface area contributed by atoms with Gasteiger partial charge in [0, 0.05) is 0 Å². The molecule has 0 bridgehead atoms. The van der Waals surface area contributed by atoms with Crippen molar-refractivity contribution in [2.24, 2.45) is 5.92 Å². The zero-order valence-electron chi connectivity index (χ0n) is 16.9. The fraction of sp³-hybridized carbons (Fsp3) is 0.833. The molecule has 0 spiro atoms. The smallest absolute Gasteiger partial charge is 0.0322 e. The summed E-state index contributed by atoms with van der Waals surface area (Å²) in [6.07, 6.45) is 29.2. The molecule has 0 aromatic carbocycles. The van der Waals surface area contributed by atoms with Crippen LogP contribution in [0.25, 0.3) is 0 Å². The molecule has 0 rings (SSSR count). The lowest BCUT2D eigenvalue weighted by Gasteiger charge is -2.12. The molecule has 0 nitrogen and oxygen atoms in total. The molecule has 0 heterocycles. The summed E-state index contributed by atoms with van der Waals surface area (Å²) < 4.78 is 0. The van der Waals surface area contributed by atoms with Crippen molar-refractivity contribution in [2.45, 2.75) is 122 Å². The SMILES string of the molecule is [CH2]CCCCCCCCCCCC/C=C/CC(CCC)CCC[CH2]. The van der Waals surface area contributed by atoms with Crippen LogP contribution in [0.15, 0.2) is 12.2 Å². The van der Waals surface area contributed by atoms with Gasteiger partial charge in [-0.2, -0.15) is 0 Å². The van der Waals surface area contributed by atoms with E-state index >= 15 is 0 Å². The van der Waals surface area contributed by atoms with Gasteiger partial charge >= 0.3 is 0 Å². The Balaban J connectivity index is 3.33. The van der Waals surface area contributed by atoms with Gasteiger partial charge in [-0.15, -0.1) is 0 Å². The lowest BCUT2D eigenvalue weighted by Crippen LogP contribution is -1.98. The van der Waals surface area contributed by atoms with Crippen LogP contribution < -0.4 is 0 Å². The third kappa shape index (κ3) is 18.1.